The number of benzene rings is 1. The zero-order valence-corrected chi connectivity index (χ0v) is 11.2. The summed E-state index contributed by atoms with van der Waals surface area (Å²) in [5.41, 5.74) is -0.666. The van der Waals surface area contributed by atoms with E-state index in [9.17, 15) is 9.50 Å². The van der Waals surface area contributed by atoms with E-state index >= 15 is 0 Å². The van der Waals surface area contributed by atoms with Gasteiger partial charge in [0.25, 0.3) is 0 Å². The Kier molecular flexibility index (Phi) is 3.09. The number of hydrogen-bond donors (Lipinski definition) is 1. The van der Waals surface area contributed by atoms with E-state index in [-0.39, 0.29) is 11.4 Å². The fourth-order valence-electron chi connectivity index (χ4n) is 3.07. The highest BCUT2D eigenvalue weighted by Crippen LogP contribution is 2.42. The standard InChI is InChI=1S/C16H19FO2/c1-2-11-6-8-16(18,9-7-11)14-10-12-4-3-5-13(17)15(12)19-14/h3-5,10-11,18H,2,6-9H2,1H3. The largest absolute Gasteiger partial charge is 0.455 e. The van der Waals surface area contributed by atoms with Crippen molar-refractivity contribution in [2.24, 2.45) is 5.92 Å². The molecule has 1 N–H and O–H groups in total. The van der Waals surface area contributed by atoms with Crippen LogP contribution in [-0.2, 0) is 5.60 Å². The van der Waals surface area contributed by atoms with Crippen molar-refractivity contribution >= 4 is 11.0 Å². The van der Waals surface area contributed by atoms with E-state index in [1.165, 1.54) is 6.07 Å². The van der Waals surface area contributed by atoms with E-state index in [4.69, 9.17) is 4.42 Å². The molecule has 1 aromatic carbocycles. The molecular formula is C16H19FO2. The second-order valence-corrected chi connectivity index (χ2v) is 5.65. The molecule has 0 saturated heterocycles. The number of rotatable bonds is 2. The molecule has 0 unspecified atom stereocenters. The molecule has 0 bridgehead atoms. The Balaban J connectivity index is 1.93. The van der Waals surface area contributed by atoms with Crippen molar-refractivity contribution in [1.82, 2.24) is 0 Å². The van der Waals surface area contributed by atoms with Crippen molar-refractivity contribution < 1.29 is 13.9 Å². The number of aliphatic hydroxyl groups is 1. The summed E-state index contributed by atoms with van der Waals surface area (Å²) in [6.45, 7) is 2.19. The average molecular weight is 262 g/mol. The second-order valence-electron chi connectivity index (χ2n) is 5.65. The maximum absolute atomic E-state index is 13.6. The van der Waals surface area contributed by atoms with E-state index in [2.05, 4.69) is 6.92 Å². The van der Waals surface area contributed by atoms with Crippen molar-refractivity contribution in [3.63, 3.8) is 0 Å². The van der Waals surface area contributed by atoms with Gasteiger partial charge in [-0.05, 0) is 43.7 Å². The monoisotopic (exact) mass is 262 g/mol. The zero-order valence-electron chi connectivity index (χ0n) is 11.2. The highest BCUT2D eigenvalue weighted by Gasteiger charge is 2.37. The van der Waals surface area contributed by atoms with Gasteiger partial charge >= 0.3 is 0 Å². The molecule has 1 heterocycles. The molecule has 0 aliphatic heterocycles. The van der Waals surface area contributed by atoms with Crippen molar-refractivity contribution in [3.8, 4) is 0 Å². The Morgan fingerprint density at radius 1 is 1.37 bits per heavy atom. The van der Waals surface area contributed by atoms with E-state index in [1.807, 2.05) is 6.07 Å². The minimum atomic E-state index is -0.920. The van der Waals surface area contributed by atoms with Crippen molar-refractivity contribution in [2.45, 2.75) is 44.6 Å². The summed E-state index contributed by atoms with van der Waals surface area (Å²) in [4.78, 5) is 0. The first-order valence-electron chi connectivity index (χ1n) is 7.03. The van der Waals surface area contributed by atoms with Crippen molar-refractivity contribution in [1.29, 1.82) is 0 Å². The lowest BCUT2D eigenvalue weighted by atomic mass is 9.76. The van der Waals surface area contributed by atoms with E-state index < -0.39 is 5.60 Å². The SMILES string of the molecule is CCC1CCC(O)(c2cc3cccc(F)c3o2)CC1. The zero-order chi connectivity index (χ0) is 13.5. The minimum Gasteiger partial charge on any atom is -0.455 e. The van der Waals surface area contributed by atoms with Crippen LogP contribution in [0.25, 0.3) is 11.0 Å². The fraction of sp³-hybridized carbons (Fsp3) is 0.500. The van der Waals surface area contributed by atoms with Gasteiger partial charge < -0.3 is 9.52 Å². The lowest BCUT2D eigenvalue weighted by Crippen LogP contribution is -2.30. The van der Waals surface area contributed by atoms with Gasteiger partial charge in [0, 0.05) is 5.39 Å². The first-order valence-corrected chi connectivity index (χ1v) is 7.03. The molecular weight excluding hydrogens is 243 g/mol. The summed E-state index contributed by atoms with van der Waals surface area (Å²) >= 11 is 0. The fourth-order valence-corrected chi connectivity index (χ4v) is 3.07. The normalized spacial score (nSPS) is 27.8. The van der Waals surface area contributed by atoms with Gasteiger partial charge in [0.2, 0.25) is 0 Å². The molecule has 2 aromatic rings. The molecule has 19 heavy (non-hydrogen) atoms. The lowest BCUT2D eigenvalue weighted by Gasteiger charge is -2.34. The van der Waals surface area contributed by atoms with Gasteiger partial charge in [-0.2, -0.15) is 0 Å². The van der Waals surface area contributed by atoms with E-state index in [0.717, 1.165) is 24.6 Å². The third-order valence-corrected chi connectivity index (χ3v) is 4.46. The van der Waals surface area contributed by atoms with Crippen LogP contribution in [0, 0.1) is 11.7 Å². The molecule has 1 aliphatic carbocycles. The molecule has 0 radical (unpaired) electrons. The van der Waals surface area contributed by atoms with Crippen LogP contribution in [0.5, 0.6) is 0 Å². The quantitative estimate of drug-likeness (QED) is 0.872. The van der Waals surface area contributed by atoms with E-state index in [1.54, 1.807) is 12.1 Å². The summed E-state index contributed by atoms with van der Waals surface area (Å²) in [6.07, 6.45) is 4.57. The van der Waals surface area contributed by atoms with Gasteiger partial charge in [0.15, 0.2) is 11.4 Å². The Morgan fingerprint density at radius 3 is 2.74 bits per heavy atom. The third-order valence-electron chi connectivity index (χ3n) is 4.46. The maximum atomic E-state index is 13.6. The Hall–Kier alpha value is -1.35. The van der Waals surface area contributed by atoms with Crippen LogP contribution in [0.4, 0.5) is 4.39 Å². The van der Waals surface area contributed by atoms with Crippen LogP contribution in [-0.4, -0.2) is 5.11 Å². The van der Waals surface area contributed by atoms with Crippen LogP contribution in [0.3, 0.4) is 0 Å². The summed E-state index contributed by atoms with van der Waals surface area (Å²) in [6, 6.07) is 6.64. The number of furan rings is 1. The van der Waals surface area contributed by atoms with Crippen LogP contribution >= 0.6 is 0 Å². The molecule has 0 spiro atoms. The first kappa shape index (κ1) is 12.7. The minimum absolute atomic E-state index is 0.253. The third kappa shape index (κ3) is 2.16. The van der Waals surface area contributed by atoms with Gasteiger partial charge in [-0.15, -0.1) is 0 Å². The number of fused-ring (bicyclic) bond motifs is 1. The first-order chi connectivity index (χ1) is 9.12. The molecule has 2 nitrogen and oxygen atoms in total. The molecule has 1 aliphatic rings. The van der Waals surface area contributed by atoms with Gasteiger partial charge in [-0.1, -0.05) is 25.5 Å². The molecule has 1 saturated carbocycles. The maximum Gasteiger partial charge on any atom is 0.170 e. The lowest BCUT2D eigenvalue weighted by molar-refractivity contribution is -0.0313. The van der Waals surface area contributed by atoms with Gasteiger partial charge in [0.1, 0.15) is 11.4 Å². The van der Waals surface area contributed by atoms with E-state index in [0.29, 0.717) is 24.5 Å². The molecule has 0 atom stereocenters. The molecule has 1 fully saturated rings. The average Bonchev–Trinajstić information content (AvgIpc) is 2.86. The highest BCUT2D eigenvalue weighted by molar-refractivity contribution is 5.78. The van der Waals surface area contributed by atoms with Crippen LogP contribution in [0.2, 0.25) is 0 Å². The summed E-state index contributed by atoms with van der Waals surface area (Å²) in [5, 5.41) is 11.5. The van der Waals surface area contributed by atoms with Gasteiger partial charge in [-0.25, -0.2) is 4.39 Å². The second kappa shape index (κ2) is 4.64. The molecule has 0 amide bonds. The number of para-hydroxylation sites is 1. The Morgan fingerprint density at radius 2 is 2.11 bits per heavy atom. The summed E-state index contributed by atoms with van der Waals surface area (Å²) in [5.74, 6) is 0.845. The molecule has 3 rings (SSSR count). The molecule has 3 heteroatoms. The molecule has 1 aromatic heterocycles. The predicted octanol–water partition coefficient (Wildman–Crippen LogP) is 4.36. The predicted molar refractivity (Wildman–Crippen MR) is 72.3 cm³/mol. The smallest absolute Gasteiger partial charge is 0.170 e. The Labute approximate surface area is 112 Å². The van der Waals surface area contributed by atoms with Crippen molar-refractivity contribution in [3.05, 3.63) is 35.8 Å². The summed E-state index contributed by atoms with van der Waals surface area (Å²) in [7, 11) is 0. The number of halogens is 1. The summed E-state index contributed by atoms with van der Waals surface area (Å²) < 4.78 is 19.2. The van der Waals surface area contributed by atoms with Crippen LogP contribution in [0.15, 0.2) is 28.7 Å². The van der Waals surface area contributed by atoms with Crippen LogP contribution in [0.1, 0.15) is 44.8 Å². The van der Waals surface area contributed by atoms with Gasteiger partial charge in [-0.3, -0.25) is 0 Å². The Bertz CT molecular complexity index is 579. The number of hydrogen-bond acceptors (Lipinski definition) is 2. The highest BCUT2D eigenvalue weighted by atomic mass is 19.1. The topological polar surface area (TPSA) is 33.4 Å². The van der Waals surface area contributed by atoms with Gasteiger partial charge in [0.05, 0.1) is 0 Å². The van der Waals surface area contributed by atoms with Crippen LogP contribution < -0.4 is 0 Å². The van der Waals surface area contributed by atoms with Crippen molar-refractivity contribution in [2.75, 3.05) is 0 Å². The molecule has 102 valence electrons.